The molecule has 1 aromatic heterocycles. The van der Waals surface area contributed by atoms with Gasteiger partial charge in [-0.3, -0.25) is 14.9 Å². The fourth-order valence-electron chi connectivity index (χ4n) is 1.68. The van der Waals surface area contributed by atoms with Gasteiger partial charge in [0.25, 0.3) is 11.2 Å². The zero-order chi connectivity index (χ0) is 14.7. The number of rotatable bonds is 3. The van der Waals surface area contributed by atoms with Crippen molar-refractivity contribution in [2.75, 3.05) is 0 Å². The minimum Gasteiger partial charge on any atom is -0.303 e. The summed E-state index contributed by atoms with van der Waals surface area (Å²) in [5.41, 5.74) is 0.782. The molecule has 0 radical (unpaired) electrons. The van der Waals surface area contributed by atoms with Gasteiger partial charge in [-0.1, -0.05) is 12.1 Å². The van der Waals surface area contributed by atoms with E-state index >= 15 is 0 Å². The molecule has 2 aromatic rings. The molecule has 0 saturated carbocycles. The number of aromatic nitrogens is 1. The highest BCUT2D eigenvalue weighted by molar-refractivity contribution is 9.10. The molecule has 100 valence electrons. The van der Waals surface area contributed by atoms with E-state index in [-0.39, 0.29) is 22.3 Å². The summed E-state index contributed by atoms with van der Waals surface area (Å²) in [6.45, 7) is 0.199. The molecule has 2 rings (SSSR count). The Hall–Kier alpha value is -2.46. The number of halogens is 1. The van der Waals surface area contributed by atoms with Crippen LogP contribution in [0.1, 0.15) is 11.1 Å². The van der Waals surface area contributed by atoms with Gasteiger partial charge in [0.15, 0.2) is 0 Å². The van der Waals surface area contributed by atoms with Crippen molar-refractivity contribution in [3.63, 3.8) is 0 Å². The van der Waals surface area contributed by atoms with Gasteiger partial charge in [-0.15, -0.1) is 0 Å². The molecule has 0 aliphatic carbocycles. The summed E-state index contributed by atoms with van der Waals surface area (Å²) in [5, 5.41) is 19.5. The Morgan fingerprint density at radius 3 is 2.55 bits per heavy atom. The van der Waals surface area contributed by atoms with E-state index in [4.69, 9.17) is 5.26 Å². The van der Waals surface area contributed by atoms with Gasteiger partial charge in [-0.2, -0.15) is 5.26 Å². The van der Waals surface area contributed by atoms with Gasteiger partial charge < -0.3 is 4.57 Å². The molecule has 1 aromatic carbocycles. The Bertz CT molecular complexity index is 760. The molecule has 7 heteroatoms. The number of nitro groups is 1. The van der Waals surface area contributed by atoms with E-state index in [1.54, 1.807) is 24.3 Å². The van der Waals surface area contributed by atoms with Crippen molar-refractivity contribution >= 4 is 21.6 Å². The first-order chi connectivity index (χ1) is 9.51. The Balaban J connectivity index is 2.39. The van der Waals surface area contributed by atoms with Crippen LogP contribution in [0.4, 0.5) is 5.69 Å². The van der Waals surface area contributed by atoms with Gasteiger partial charge in [0, 0.05) is 6.07 Å². The summed E-state index contributed by atoms with van der Waals surface area (Å²) >= 11 is 3.02. The fraction of sp³-hybridized carbons (Fsp3) is 0.0769. The zero-order valence-corrected chi connectivity index (χ0v) is 11.7. The van der Waals surface area contributed by atoms with Crippen LogP contribution in [0, 0.1) is 21.4 Å². The summed E-state index contributed by atoms with van der Waals surface area (Å²) in [4.78, 5) is 22.1. The number of nitriles is 1. The molecular weight excluding hydrogens is 326 g/mol. The molecule has 20 heavy (non-hydrogen) atoms. The normalized spacial score (nSPS) is 10.0. The first kappa shape index (κ1) is 14.0. The van der Waals surface area contributed by atoms with Gasteiger partial charge in [0.1, 0.15) is 0 Å². The highest BCUT2D eigenvalue weighted by atomic mass is 79.9. The van der Waals surface area contributed by atoms with E-state index in [1.165, 1.54) is 16.8 Å². The van der Waals surface area contributed by atoms with Crippen LogP contribution in [0.25, 0.3) is 0 Å². The second-order valence-corrected chi connectivity index (χ2v) is 4.90. The fourth-order valence-corrected chi connectivity index (χ4v) is 2.15. The second-order valence-electron chi connectivity index (χ2n) is 4.05. The summed E-state index contributed by atoms with van der Waals surface area (Å²) in [6.07, 6.45) is 1.20. The summed E-state index contributed by atoms with van der Waals surface area (Å²) in [5.74, 6) is 0. The number of benzene rings is 1. The Morgan fingerprint density at radius 2 is 2.00 bits per heavy atom. The number of hydrogen-bond donors (Lipinski definition) is 0. The van der Waals surface area contributed by atoms with Gasteiger partial charge in [0.05, 0.1) is 33.8 Å². The van der Waals surface area contributed by atoms with E-state index in [0.29, 0.717) is 5.56 Å². The molecule has 0 N–H and O–H groups in total. The maximum absolute atomic E-state index is 11.9. The summed E-state index contributed by atoms with van der Waals surface area (Å²) in [6, 6.07) is 9.85. The Morgan fingerprint density at radius 1 is 1.35 bits per heavy atom. The quantitative estimate of drug-likeness (QED) is 0.637. The zero-order valence-electron chi connectivity index (χ0n) is 10.1. The van der Waals surface area contributed by atoms with E-state index in [0.717, 1.165) is 5.56 Å². The van der Waals surface area contributed by atoms with E-state index in [2.05, 4.69) is 15.9 Å². The Labute approximate surface area is 122 Å². The lowest BCUT2D eigenvalue weighted by Gasteiger charge is -2.06. The van der Waals surface area contributed by atoms with Crippen molar-refractivity contribution < 1.29 is 4.92 Å². The maximum atomic E-state index is 11.9. The van der Waals surface area contributed by atoms with Crippen LogP contribution in [-0.2, 0) is 6.54 Å². The van der Waals surface area contributed by atoms with Crippen molar-refractivity contribution in [2.45, 2.75) is 6.54 Å². The minimum absolute atomic E-state index is 0.139. The topological polar surface area (TPSA) is 88.9 Å². The molecule has 0 amide bonds. The molecule has 0 fully saturated rings. The molecular formula is C13H8BrN3O3. The smallest absolute Gasteiger partial charge is 0.286 e. The molecule has 0 atom stereocenters. The standard InChI is InChI=1S/C13H8BrN3O3/c14-12-5-11(17(19)20)8-16(13(12)18)7-10-3-1-9(6-15)2-4-10/h1-5,8H,7H2. The van der Waals surface area contributed by atoms with Crippen molar-refractivity contribution in [1.82, 2.24) is 4.57 Å². The van der Waals surface area contributed by atoms with Gasteiger partial charge in [0.2, 0.25) is 0 Å². The molecule has 0 bridgehead atoms. The van der Waals surface area contributed by atoms with E-state index < -0.39 is 4.92 Å². The van der Waals surface area contributed by atoms with Crippen LogP contribution in [0.2, 0.25) is 0 Å². The van der Waals surface area contributed by atoms with Crippen molar-refractivity contribution in [3.05, 3.63) is 72.6 Å². The van der Waals surface area contributed by atoms with Gasteiger partial charge in [-0.25, -0.2) is 0 Å². The lowest BCUT2D eigenvalue weighted by molar-refractivity contribution is -0.385. The first-order valence-corrected chi connectivity index (χ1v) is 6.34. The second kappa shape index (κ2) is 5.67. The largest absolute Gasteiger partial charge is 0.303 e. The molecule has 0 aliphatic heterocycles. The van der Waals surface area contributed by atoms with Crippen LogP contribution < -0.4 is 5.56 Å². The molecule has 6 nitrogen and oxygen atoms in total. The van der Waals surface area contributed by atoms with Crippen LogP contribution in [0.5, 0.6) is 0 Å². The van der Waals surface area contributed by atoms with Crippen molar-refractivity contribution in [1.29, 1.82) is 5.26 Å². The average molecular weight is 334 g/mol. The lowest BCUT2D eigenvalue weighted by Crippen LogP contribution is -2.21. The molecule has 0 spiro atoms. The predicted octanol–water partition coefficient (Wildman–Crippen LogP) is 2.44. The SMILES string of the molecule is N#Cc1ccc(Cn2cc([N+](=O)[O-])cc(Br)c2=O)cc1. The lowest BCUT2D eigenvalue weighted by atomic mass is 10.1. The monoisotopic (exact) mass is 333 g/mol. The van der Waals surface area contributed by atoms with Crippen LogP contribution >= 0.6 is 15.9 Å². The third-order valence-electron chi connectivity index (χ3n) is 2.67. The molecule has 0 saturated heterocycles. The number of hydrogen-bond acceptors (Lipinski definition) is 4. The third kappa shape index (κ3) is 2.92. The summed E-state index contributed by atoms with van der Waals surface area (Å²) < 4.78 is 1.39. The van der Waals surface area contributed by atoms with Gasteiger partial charge >= 0.3 is 0 Å². The minimum atomic E-state index is -0.556. The van der Waals surface area contributed by atoms with E-state index in [1.807, 2.05) is 6.07 Å². The van der Waals surface area contributed by atoms with Crippen molar-refractivity contribution in [3.8, 4) is 6.07 Å². The van der Waals surface area contributed by atoms with Crippen LogP contribution in [0.15, 0.2) is 45.8 Å². The van der Waals surface area contributed by atoms with Crippen LogP contribution in [0.3, 0.4) is 0 Å². The molecule has 1 heterocycles. The predicted molar refractivity (Wildman–Crippen MR) is 75.3 cm³/mol. The highest BCUT2D eigenvalue weighted by Crippen LogP contribution is 2.15. The third-order valence-corrected chi connectivity index (χ3v) is 3.24. The number of nitrogens with zero attached hydrogens (tertiary/aromatic N) is 3. The average Bonchev–Trinajstić information content (AvgIpc) is 2.44. The Kier molecular flexibility index (Phi) is 3.96. The highest BCUT2D eigenvalue weighted by Gasteiger charge is 2.12. The first-order valence-electron chi connectivity index (χ1n) is 5.54. The van der Waals surface area contributed by atoms with Crippen LogP contribution in [-0.4, -0.2) is 9.49 Å². The van der Waals surface area contributed by atoms with E-state index in [9.17, 15) is 14.9 Å². The molecule has 0 unspecified atom stereocenters. The summed E-state index contributed by atoms with van der Waals surface area (Å²) in [7, 11) is 0. The van der Waals surface area contributed by atoms with Crippen molar-refractivity contribution in [2.24, 2.45) is 0 Å². The maximum Gasteiger partial charge on any atom is 0.286 e. The number of pyridine rings is 1. The van der Waals surface area contributed by atoms with Gasteiger partial charge in [-0.05, 0) is 33.6 Å². The molecule has 0 aliphatic rings.